The maximum absolute atomic E-state index is 12.3. The molecule has 1 fully saturated rings. The quantitative estimate of drug-likeness (QED) is 0.903. The van der Waals surface area contributed by atoms with Crippen molar-refractivity contribution in [2.45, 2.75) is 33.2 Å². The number of piperidine rings is 1. The van der Waals surface area contributed by atoms with Gasteiger partial charge in [-0.15, -0.1) is 0 Å². The zero-order chi connectivity index (χ0) is 15.4. The highest BCUT2D eigenvalue weighted by molar-refractivity contribution is 6.33. The van der Waals surface area contributed by atoms with Gasteiger partial charge < -0.3 is 10.2 Å². The average Bonchev–Trinajstić information content (AvgIpc) is 2.44. The molecule has 1 aromatic rings. The van der Waals surface area contributed by atoms with Crippen LogP contribution in [0.2, 0.25) is 5.02 Å². The Balaban J connectivity index is 2.20. The summed E-state index contributed by atoms with van der Waals surface area (Å²) in [5.41, 5.74) is 0.598. The molecule has 1 aromatic heterocycles. The van der Waals surface area contributed by atoms with Crippen molar-refractivity contribution in [3.63, 3.8) is 0 Å². The fourth-order valence-electron chi connectivity index (χ4n) is 2.89. The van der Waals surface area contributed by atoms with Crippen LogP contribution in [0.4, 0.5) is 5.69 Å². The van der Waals surface area contributed by atoms with Gasteiger partial charge in [0.1, 0.15) is 5.02 Å². The maximum Gasteiger partial charge on any atom is 0.287 e. The van der Waals surface area contributed by atoms with Gasteiger partial charge in [0, 0.05) is 19.6 Å². The van der Waals surface area contributed by atoms with E-state index in [-0.39, 0.29) is 5.56 Å². The van der Waals surface area contributed by atoms with E-state index in [0.29, 0.717) is 23.4 Å². The number of hydrogen-bond acceptors (Lipinski definition) is 4. The van der Waals surface area contributed by atoms with Crippen molar-refractivity contribution >= 4 is 17.3 Å². The first-order valence-electron chi connectivity index (χ1n) is 7.68. The van der Waals surface area contributed by atoms with E-state index in [4.69, 9.17) is 11.6 Å². The lowest BCUT2D eigenvalue weighted by molar-refractivity contribution is 0.401. The molecule has 0 aromatic carbocycles. The Morgan fingerprint density at radius 3 is 2.95 bits per heavy atom. The van der Waals surface area contributed by atoms with Gasteiger partial charge in [-0.1, -0.05) is 25.4 Å². The lowest BCUT2D eigenvalue weighted by atomic mass is 9.98. The van der Waals surface area contributed by atoms with E-state index in [1.54, 1.807) is 6.20 Å². The summed E-state index contributed by atoms with van der Waals surface area (Å²) in [7, 11) is 1.97. The summed E-state index contributed by atoms with van der Waals surface area (Å²) in [5.74, 6) is 0.963. The average molecular weight is 313 g/mol. The molecule has 0 spiro atoms. The molecule has 0 aliphatic carbocycles. The van der Waals surface area contributed by atoms with Gasteiger partial charge in [0.15, 0.2) is 0 Å². The Morgan fingerprint density at radius 2 is 2.29 bits per heavy atom. The van der Waals surface area contributed by atoms with Crippen molar-refractivity contribution in [1.29, 1.82) is 0 Å². The minimum Gasteiger partial charge on any atom is -0.369 e. The van der Waals surface area contributed by atoms with Crippen molar-refractivity contribution in [2.75, 3.05) is 31.6 Å². The Morgan fingerprint density at radius 1 is 1.52 bits per heavy atom. The van der Waals surface area contributed by atoms with E-state index in [2.05, 4.69) is 29.2 Å². The largest absolute Gasteiger partial charge is 0.369 e. The fraction of sp³-hybridized carbons (Fsp3) is 0.733. The van der Waals surface area contributed by atoms with Crippen LogP contribution in [-0.2, 0) is 6.54 Å². The number of nitrogens with zero attached hydrogens (tertiary/aromatic N) is 3. The summed E-state index contributed by atoms with van der Waals surface area (Å²) in [6, 6.07) is 0. The number of nitrogens with one attached hydrogen (secondary N) is 1. The van der Waals surface area contributed by atoms with Gasteiger partial charge in [0.05, 0.1) is 11.9 Å². The fourth-order valence-corrected chi connectivity index (χ4v) is 3.16. The Bertz CT molecular complexity index is 527. The van der Waals surface area contributed by atoms with Crippen LogP contribution >= 0.6 is 11.6 Å². The summed E-state index contributed by atoms with van der Waals surface area (Å²) in [6.07, 6.45) is 4.08. The molecule has 1 aliphatic rings. The maximum atomic E-state index is 12.3. The number of anilines is 1. The molecule has 2 rings (SSSR count). The minimum atomic E-state index is -0.182. The highest BCUT2D eigenvalue weighted by Crippen LogP contribution is 2.26. The molecule has 0 saturated carbocycles. The second-order valence-corrected chi connectivity index (χ2v) is 6.61. The number of aromatic nitrogens is 2. The van der Waals surface area contributed by atoms with Gasteiger partial charge in [-0.2, -0.15) is 5.10 Å². The molecule has 1 unspecified atom stereocenters. The molecule has 1 saturated heterocycles. The predicted octanol–water partition coefficient (Wildman–Crippen LogP) is 1.99. The van der Waals surface area contributed by atoms with Gasteiger partial charge in [-0.05, 0) is 38.3 Å². The smallest absolute Gasteiger partial charge is 0.287 e. The molecule has 1 N–H and O–H groups in total. The van der Waals surface area contributed by atoms with E-state index in [1.807, 2.05) is 7.05 Å². The van der Waals surface area contributed by atoms with Gasteiger partial charge in [-0.25, -0.2) is 4.68 Å². The standard InChI is InChI=1S/C15H25ClN4O/c1-11(2)9-20-15(21)14(16)13(8-18-20)19-6-4-5-12(10-19)7-17-3/h8,11-12,17H,4-7,9-10H2,1-3H3. The third kappa shape index (κ3) is 3.98. The van der Waals surface area contributed by atoms with Crippen LogP contribution in [0.15, 0.2) is 11.0 Å². The lowest BCUT2D eigenvalue weighted by Crippen LogP contribution is -2.40. The van der Waals surface area contributed by atoms with Crippen molar-refractivity contribution in [2.24, 2.45) is 11.8 Å². The van der Waals surface area contributed by atoms with E-state index in [9.17, 15) is 4.79 Å². The van der Waals surface area contributed by atoms with Crippen LogP contribution in [0.5, 0.6) is 0 Å². The normalized spacial score (nSPS) is 19.3. The van der Waals surface area contributed by atoms with Gasteiger partial charge in [0.25, 0.3) is 5.56 Å². The van der Waals surface area contributed by atoms with Gasteiger partial charge in [0.2, 0.25) is 0 Å². The monoisotopic (exact) mass is 312 g/mol. The third-order valence-corrected chi connectivity index (χ3v) is 4.21. The van der Waals surface area contributed by atoms with Gasteiger partial charge in [-0.3, -0.25) is 4.79 Å². The number of halogens is 1. The van der Waals surface area contributed by atoms with Crippen LogP contribution in [0.3, 0.4) is 0 Å². The first-order valence-corrected chi connectivity index (χ1v) is 8.06. The molecule has 1 atom stereocenters. The van der Waals surface area contributed by atoms with Crippen molar-refractivity contribution in [1.82, 2.24) is 15.1 Å². The first-order chi connectivity index (χ1) is 10.0. The molecule has 6 heteroatoms. The number of rotatable bonds is 5. The highest BCUT2D eigenvalue weighted by Gasteiger charge is 2.23. The molecular weight excluding hydrogens is 288 g/mol. The SMILES string of the molecule is CNCC1CCCN(c2cnn(CC(C)C)c(=O)c2Cl)C1. The Hall–Kier alpha value is -1.07. The molecule has 0 amide bonds. The van der Waals surface area contributed by atoms with Crippen molar-refractivity contribution < 1.29 is 0 Å². The highest BCUT2D eigenvalue weighted by atomic mass is 35.5. The third-order valence-electron chi connectivity index (χ3n) is 3.86. The summed E-state index contributed by atoms with van der Waals surface area (Å²) in [5, 5.41) is 7.81. The first kappa shape index (κ1) is 16.3. The summed E-state index contributed by atoms with van der Waals surface area (Å²) in [6.45, 7) is 7.57. The van der Waals surface area contributed by atoms with Crippen LogP contribution in [0, 0.1) is 11.8 Å². The van der Waals surface area contributed by atoms with Gasteiger partial charge >= 0.3 is 0 Å². The van der Waals surface area contributed by atoms with Crippen LogP contribution < -0.4 is 15.8 Å². The molecule has 0 radical (unpaired) electrons. The summed E-state index contributed by atoms with van der Waals surface area (Å²) >= 11 is 6.31. The summed E-state index contributed by atoms with van der Waals surface area (Å²) < 4.78 is 1.46. The Kier molecular flexibility index (Phi) is 5.65. The molecule has 118 valence electrons. The summed E-state index contributed by atoms with van der Waals surface area (Å²) in [4.78, 5) is 14.5. The lowest BCUT2D eigenvalue weighted by Gasteiger charge is -2.34. The van der Waals surface area contributed by atoms with E-state index in [1.165, 1.54) is 11.1 Å². The molecule has 0 bridgehead atoms. The molecule has 21 heavy (non-hydrogen) atoms. The second kappa shape index (κ2) is 7.27. The topological polar surface area (TPSA) is 50.2 Å². The van der Waals surface area contributed by atoms with E-state index < -0.39 is 0 Å². The van der Waals surface area contributed by atoms with Crippen molar-refractivity contribution in [3.05, 3.63) is 21.6 Å². The number of hydrogen-bond donors (Lipinski definition) is 1. The predicted molar refractivity (Wildman–Crippen MR) is 87.2 cm³/mol. The molecule has 1 aliphatic heterocycles. The molecule has 2 heterocycles. The second-order valence-electron chi connectivity index (χ2n) is 6.24. The zero-order valence-electron chi connectivity index (χ0n) is 13.1. The minimum absolute atomic E-state index is 0.182. The molecular formula is C15H25ClN4O. The zero-order valence-corrected chi connectivity index (χ0v) is 13.9. The molecule has 5 nitrogen and oxygen atoms in total. The van der Waals surface area contributed by atoms with Crippen LogP contribution in [0.25, 0.3) is 0 Å². The van der Waals surface area contributed by atoms with Crippen molar-refractivity contribution in [3.8, 4) is 0 Å². The Labute approximate surface area is 131 Å². The van der Waals surface area contributed by atoms with Crippen LogP contribution in [-0.4, -0.2) is 36.5 Å². The van der Waals surface area contributed by atoms with Crippen LogP contribution in [0.1, 0.15) is 26.7 Å². The van der Waals surface area contributed by atoms with E-state index in [0.717, 1.165) is 31.7 Å². The van der Waals surface area contributed by atoms with E-state index >= 15 is 0 Å².